The summed E-state index contributed by atoms with van der Waals surface area (Å²) in [4.78, 5) is 6.50. The molecule has 0 amide bonds. The van der Waals surface area contributed by atoms with Gasteiger partial charge in [-0.05, 0) is 52.9 Å². The van der Waals surface area contributed by atoms with Crippen LogP contribution in [0.25, 0.3) is 0 Å². The second kappa shape index (κ2) is 5.64. The first-order valence-electron chi connectivity index (χ1n) is 7.68. The molecule has 2 nitrogen and oxygen atoms in total. The number of aromatic nitrogens is 1. The fourth-order valence-corrected chi connectivity index (χ4v) is 3.08. The van der Waals surface area contributed by atoms with E-state index in [2.05, 4.69) is 70.5 Å². The molecule has 1 aliphatic rings. The summed E-state index contributed by atoms with van der Waals surface area (Å²) in [6.07, 6.45) is 4.67. The minimum absolute atomic E-state index is 0.961. The van der Waals surface area contributed by atoms with E-state index in [9.17, 15) is 0 Å². The number of hydrogen-bond acceptors (Lipinski definition) is 2. The molecule has 0 bridgehead atoms. The zero-order chi connectivity index (χ0) is 14.8. The van der Waals surface area contributed by atoms with Gasteiger partial charge >= 0.3 is 0 Å². The number of fused-ring (bicyclic) bond motifs is 1. The quantitative estimate of drug-likeness (QED) is 0.717. The lowest BCUT2D eigenvalue weighted by atomic mass is 10.1. The lowest BCUT2D eigenvalue weighted by Gasteiger charge is -2.18. The van der Waals surface area contributed by atoms with Crippen molar-refractivity contribution in [3.05, 3.63) is 95.3 Å². The van der Waals surface area contributed by atoms with Crippen LogP contribution in [-0.4, -0.2) is 4.98 Å². The first-order chi connectivity index (χ1) is 10.9. The summed E-state index contributed by atoms with van der Waals surface area (Å²) < 4.78 is 0. The van der Waals surface area contributed by atoms with Crippen LogP contribution in [0.2, 0.25) is 0 Å². The van der Waals surface area contributed by atoms with Gasteiger partial charge in [-0.25, -0.2) is 0 Å². The molecule has 2 heteroatoms. The number of rotatable bonds is 3. The molecule has 0 unspecified atom stereocenters. The third-order valence-electron chi connectivity index (χ3n) is 4.30. The maximum Gasteiger partial charge on any atom is 0.0436 e. The van der Waals surface area contributed by atoms with Crippen molar-refractivity contribution in [1.82, 2.24) is 4.98 Å². The molecule has 0 saturated heterocycles. The van der Waals surface area contributed by atoms with Crippen molar-refractivity contribution < 1.29 is 0 Å². The molecule has 2 heterocycles. The molecular weight excluding hydrogens is 268 g/mol. The summed E-state index contributed by atoms with van der Waals surface area (Å²) in [5.41, 5.74) is 6.84. The first-order valence-corrected chi connectivity index (χ1v) is 7.68. The molecule has 108 valence electrons. The second-order valence-corrected chi connectivity index (χ2v) is 5.82. The summed E-state index contributed by atoms with van der Waals surface area (Å²) >= 11 is 0. The fourth-order valence-electron chi connectivity index (χ4n) is 3.08. The zero-order valence-corrected chi connectivity index (χ0v) is 12.4. The molecule has 0 saturated carbocycles. The van der Waals surface area contributed by atoms with E-state index in [4.69, 9.17) is 0 Å². The first kappa shape index (κ1) is 13.1. The van der Waals surface area contributed by atoms with Crippen molar-refractivity contribution in [2.24, 2.45) is 0 Å². The molecule has 0 N–H and O–H groups in total. The van der Waals surface area contributed by atoms with Crippen LogP contribution >= 0.6 is 0 Å². The van der Waals surface area contributed by atoms with E-state index >= 15 is 0 Å². The Labute approximate surface area is 131 Å². The number of benzene rings is 2. The number of anilines is 1. The van der Waals surface area contributed by atoms with E-state index in [0.717, 1.165) is 19.5 Å². The van der Waals surface area contributed by atoms with Crippen molar-refractivity contribution in [2.45, 2.75) is 19.5 Å². The van der Waals surface area contributed by atoms with Crippen molar-refractivity contribution in [2.75, 3.05) is 4.90 Å². The fraction of sp³-hybridized carbons (Fsp3) is 0.150. The average Bonchev–Trinajstić information content (AvgIpc) is 3.00. The van der Waals surface area contributed by atoms with Crippen molar-refractivity contribution >= 4 is 5.69 Å². The maximum atomic E-state index is 4.07. The van der Waals surface area contributed by atoms with Gasteiger partial charge in [0.15, 0.2) is 0 Å². The van der Waals surface area contributed by atoms with Gasteiger partial charge in [0.25, 0.3) is 0 Å². The highest BCUT2D eigenvalue weighted by Crippen LogP contribution is 2.28. The average molecular weight is 286 g/mol. The molecule has 0 fully saturated rings. The van der Waals surface area contributed by atoms with Crippen molar-refractivity contribution in [3.8, 4) is 0 Å². The molecule has 1 aromatic heterocycles. The number of pyridine rings is 1. The lowest BCUT2D eigenvalue weighted by molar-refractivity contribution is 0.880. The van der Waals surface area contributed by atoms with Crippen LogP contribution in [0.5, 0.6) is 0 Å². The van der Waals surface area contributed by atoms with E-state index in [1.54, 1.807) is 0 Å². The highest BCUT2D eigenvalue weighted by molar-refractivity contribution is 5.52. The molecule has 0 aliphatic carbocycles. The summed E-state index contributed by atoms with van der Waals surface area (Å²) in [5.74, 6) is 0. The van der Waals surface area contributed by atoms with E-state index in [1.165, 1.54) is 27.9 Å². The molecular formula is C20H18N2. The van der Waals surface area contributed by atoms with Crippen LogP contribution in [0.1, 0.15) is 22.3 Å². The highest BCUT2D eigenvalue weighted by atomic mass is 15.1. The van der Waals surface area contributed by atoms with Crippen molar-refractivity contribution in [1.29, 1.82) is 0 Å². The normalized spacial score (nSPS) is 13.2. The van der Waals surface area contributed by atoms with Crippen LogP contribution in [0, 0.1) is 0 Å². The van der Waals surface area contributed by atoms with Gasteiger partial charge in [0.05, 0.1) is 0 Å². The molecule has 2 aromatic carbocycles. The number of nitrogens with zero attached hydrogens (tertiary/aromatic N) is 2. The Balaban J connectivity index is 1.49. The molecule has 1 aliphatic heterocycles. The number of hydrogen-bond donors (Lipinski definition) is 0. The summed E-state index contributed by atoms with van der Waals surface area (Å²) in [5, 5.41) is 0. The van der Waals surface area contributed by atoms with Crippen LogP contribution in [0.3, 0.4) is 0 Å². The summed E-state index contributed by atoms with van der Waals surface area (Å²) in [7, 11) is 0. The lowest BCUT2D eigenvalue weighted by Crippen LogP contribution is -2.14. The summed E-state index contributed by atoms with van der Waals surface area (Å²) in [6, 6.07) is 21.8. The van der Waals surface area contributed by atoms with Crippen LogP contribution in [0.4, 0.5) is 5.69 Å². The van der Waals surface area contributed by atoms with Gasteiger partial charge in [0, 0.05) is 31.2 Å². The maximum absolute atomic E-state index is 4.07. The van der Waals surface area contributed by atoms with Gasteiger partial charge in [-0.15, -0.1) is 0 Å². The molecule has 0 radical (unpaired) electrons. The Morgan fingerprint density at radius 2 is 1.32 bits per heavy atom. The largest absolute Gasteiger partial charge is 0.363 e. The highest BCUT2D eigenvalue weighted by Gasteiger charge is 2.18. The zero-order valence-electron chi connectivity index (χ0n) is 12.4. The third kappa shape index (κ3) is 2.60. The van der Waals surface area contributed by atoms with E-state index in [0.29, 0.717) is 0 Å². The van der Waals surface area contributed by atoms with Gasteiger partial charge in [-0.2, -0.15) is 0 Å². The predicted molar refractivity (Wildman–Crippen MR) is 89.8 cm³/mol. The molecule has 3 aromatic rings. The SMILES string of the molecule is c1ccc2c(c1)CN(c1ccc(Cc3ccncc3)cc1)C2. The topological polar surface area (TPSA) is 16.1 Å². The van der Waals surface area contributed by atoms with E-state index in [-0.39, 0.29) is 0 Å². The van der Waals surface area contributed by atoms with Crippen LogP contribution < -0.4 is 4.90 Å². The smallest absolute Gasteiger partial charge is 0.0436 e. The monoisotopic (exact) mass is 286 g/mol. The van der Waals surface area contributed by atoms with Crippen LogP contribution in [-0.2, 0) is 19.5 Å². The molecule has 4 rings (SSSR count). The Hall–Kier alpha value is -2.61. The minimum atomic E-state index is 0.961. The van der Waals surface area contributed by atoms with Gasteiger partial charge in [0.1, 0.15) is 0 Å². The minimum Gasteiger partial charge on any atom is -0.363 e. The Kier molecular flexibility index (Phi) is 3.36. The third-order valence-corrected chi connectivity index (χ3v) is 4.30. The van der Waals surface area contributed by atoms with Gasteiger partial charge in [-0.3, -0.25) is 4.98 Å². The van der Waals surface area contributed by atoms with E-state index < -0.39 is 0 Å². The summed E-state index contributed by atoms with van der Waals surface area (Å²) in [6.45, 7) is 2.03. The van der Waals surface area contributed by atoms with Gasteiger partial charge < -0.3 is 4.90 Å². The second-order valence-electron chi connectivity index (χ2n) is 5.82. The van der Waals surface area contributed by atoms with Crippen molar-refractivity contribution in [3.63, 3.8) is 0 Å². The molecule has 0 atom stereocenters. The predicted octanol–water partition coefficient (Wildman–Crippen LogP) is 4.19. The van der Waals surface area contributed by atoms with Gasteiger partial charge in [-0.1, -0.05) is 36.4 Å². The van der Waals surface area contributed by atoms with Gasteiger partial charge in [0.2, 0.25) is 0 Å². The van der Waals surface area contributed by atoms with Crippen LogP contribution in [0.15, 0.2) is 73.1 Å². The molecule has 0 spiro atoms. The Morgan fingerprint density at radius 3 is 1.95 bits per heavy atom. The standard InChI is InChI=1S/C20H18N2/c1-2-4-19-15-22(14-18(19)3-1)20-7-5-16(6-8-20)13-17-9-11-21-12-10-17/h1-12H,13-15H2. The van der Waals surface area contributed by atoms with E-state index in [1.807, 2.05) is 12.4 Å². The Morgan fingerprint density at radius 1 is 0.727 bits per heavy atom. The Bertz CT molecular complexity index is 738. The molecule has 22 heavy (non-hydrogen) atoms.